The Hall–Kier alpha value is -1.97. The second kappa shape index (κ2) is 5.19. The molecule has 0 aliphatic carbocycles. The summed E-state index contributed by atoms with van der Waals surface area (Å²) in [6, 6.07) is 12.3. The summed E-state index contributed by atoms with van der Waals surface area (Å²) < 4.78 is 5.59. The summed E-state index contributed by atoms with van der Waals surface area (Å²) >= 11 is 12.2. The Balaban J connectivity index is 2.03. The lowest BCUT2D eigenvalue weighted by Crippen LogP contribution is -2.23. The largest absolute Gasteiger partial charge is 0.449 e. The number of hydrogen-bond donors (Lipinski definition) is 1. The molecule has 3 nitrogen and oxygen atoms in total. The van der Waals surface area contributed by atoms with Crippen molar-refractivity contribution in [2.75, 3.05) is 5.32 Å². The normalized spacial score (nSPS) is 15.5. The third-order valence-corrected chi connectivity index (χ3v) is 3.51. The minimum absolute atomic E-state index is 0.152. The van der Waals surface area contributed by atoms with E-state index in [1.165, 1.54) is 6.08 Å². The average molecular weight is 306 g/mol. The van der Waals surface area contributed by atoms with Crippen molar-refractivity contribution in [1.82, 2.24) is 0 Å². The first kappa shape index (κ1) is 13.0. The Morgan fingerprint density at radius 1 is 1.00 bits per heavy atom. The highest BCUT2D eigenvalue weighted by Gasteiger charge is 2.22. The summed E-state index contributed by atoms with van der Waals surface area (Å²) in [6.07, 6.45) is 1.54. The molecule has 5 heteroatoms. The van der Waals surface area contributed by atoms with Gasteiger partial charge < -0.3 is 10.1 Å². The zero-order valence-electron chi connectivity index (χ0n) is 10.2. The van der Waals surface area contributed by atoms with Gasteiger partial charge in [-0.2, -0.15) is 0 Å². The van der Waals surface area contributed by atoms with Gasteiger partial charge in [0.25, 0.3) is 5.91 Å². The highest BCUT2D eigenvalue weighted by molar-refractivity contribution is 6.37. The standard InChI is InChI=1S/C15H9Cl2NO2/c16-10-4-3-5-11(17)9(10)8-14-15(19)18-12-6-1-2-7-13(12)20-14/h1-8H,(H,18,19)/b14-8-. The minimum atomic E-state index is -0.334. The van der Waals surface area contributed by atoms with Crippen LogP contribution in [0.5, 0.6) is 5.75 Å². The highest BCUT2D eigenvalue weighted by atomic mass is 35.5. The van der Waals surface area contributed by atoms with E-state index in [0.717, 1.165) is 0 Å². The SMILES string of the molecule is O=C1Nc2ccccc2O/C1=C\c1c(Cl)cccc1Cl. The second-order valence-electron chi connectivity index (χ2n) is 4.20. The summed E-state index contributed by atoms with van der Waals surface area (Å²) in [5.74, 6) is 0.403. The van der Waals surface area contributed by atoms with Crippen molar-refractivity contribution in [2.45, 2.75) is 0 Å². The molecule has 2 aromatic rings. The maximum Gasteiger partial charge on any atom is 0.291 e. The number of carbonyl (C=O) groups is 1. The highest BCUT2D eigenvalue weighted by Crippen LogP contribution is 2.33. The van der Waals surface area contributed by atoms with Crippen molar-refractivity contribution in [3.63, 3.8) is 0 Å². The van der Waals surface area contributed by atoms with Gasteiger partial charge in [0.15, 0.2) is 11.5 Å². The molecule has 0 unspecified atom stereocenters. The van der Waals surface area contributed by atoms with E-state index in [4.69, 9.17) is 27.9 Å². The number of anilines is 1. The number of benzene rings is 2. The lowest BCUT2D eigenvalue weighted by Gasteiger charge is -2.19. The topological polar surface area (TPSA) is 38.3 Å². The number of nitrogens with one attached hydrogen (secondary N) is 1. The van der Waals surface area contributed by atoms with Crippen LogP contribution in [0.15, 0.2) is 48.2 Å². The van der Waals surface area contributed by atoms with Gasteiger partial charge in [0.1, 0.15) is 0 Å². The molecule has 0 spiro atoms. The zero-order chi connectivity index (χ0) is 14.1. The van der Waals surface area contributed by atoms with Crippen LogP contribution in [-0.2, 0) is 4.79 Å². The molecule has 1 amide bonds. The number of ether oxygens (including phenoxy) is 1. The predicted molar refractivity (Wildman–Crippen MR) is 80.1 cm³/mol. The Morgan fingerprint density at radius 3 is 2.45 bits per heavy atom. The molecule has 0 fully saturated rings. The molecule has 2 aromatic carbocycles. The van der Waals surface area contributed by atoms with Gasteiger partial charge in [-0.1, -0.05) is 41.4 Å². The van der Waals surface area contributed by atoms with Crippen molar-refractivity contribution >= 4 is 40.9 Å². The van der Waals surface area contributed by atoms with Gasteiger partial charge in [0.2, 0.25) is 0 Å². The van der Waals surface area contributed by atoms with Gasteiger partial charge in [-0.05, 0) is 30.3 Å². The van der Waals surface area contributed by atoms with Gasteiger partial charge in [0, 0.05) is 15.6 Å². The van der Waals surface area contributed by atoms with Crippen molar-refractivity contribution in [3.8, 4) is 5.75 Å². The molecule has 100 valence electrons. The molecule has 3 rings (SSSR count). The monoisotopic (exact) mass is 305 g/mol. The Bertz CT molecular complexity index is 705. The van der Waals surface area contributed by atoms with Crippen LogP contribution >= 0.6 is 23.2 Å². The molecule has 0 saturated heterocycles. The molecule has 1 aliphatic rings. The molecule has 1 aliphatic heterocycles. The van der Waals surface area contributed by atoms with Crippen LogP contribution in [-0.4, -0.2) is 5.91 Å². The third kappa shape index (κ3) is 2.38. The van der Waals surface area contributed by atoms with Gasteiger partial charge in [-0.15, -0.1) is 0 Å². The Morgan fingerprint density at radius 2 is 1.70 bits per heavy atom. The molecular formula is C15H9Cl2NO2. The predicted octanol–water partition coefficient (Wildman–Crippen LogP) is 4.37. The van der Waals surface area contributed by atoms with Gasteiger partial charge >= 0.3 is 0 Å². The molecule has 1 N–H and O–H groups in total. The van der Waals surface area contributed by atoms with Crippen molar-refractivity contribution in [3.05, 3.63) is 63.8 Å². The van der Waals surface area contributed by atoms with Crippen LogP contribution in [0.2, 0.25) is 10.0 Å². The number of rotatable bonds is 1. The fourth-order valence-corrected chi connectivity index (χ4v) is 2.39. The Labute approximate surface area is 125 Å². The number of halogens is 2. The maximum absolute atomic E-state index is 12.0. The minimum Gasteiger partial charge on any atom is -0.449 e. The number of para-hydroxylation sites is 2. The van der Waals surface area contributed by atoms with Crippen molar-refractivity contribution < 1.29 is 9.53 Å². The van der Waals surface area contributed by atoms with Gasteiger partial charge in [-0.3, -0.25) is 4.79 Å². The summed E-state index contributed by atoms with van der Waals surface area (Å²) in [7, 11) is 0. The quantitative estimate of drug-likeness (QED) is 0.795. The molecule has 1 heterocycles. The zero-order valence-corrected chi connectivity index (χ0v) is 11.7. The van der Waals surface area contributed by atoms with Crippen LogP contribution in [0.1, 0.15) is 5.56 Å². The first-order valence-corrected chi connectivity index (χ1v) is 6.64. The fraction of sp³-hybridized carbons (Fsp3) is 0. The van der Waals surface area contributed by atoms with E-state index in [-0.39, 0.29) is 11.7 Å². The fourth-order valence-electron chi connectivity index (χ4n) is 1.88. The van der Waals surface area contributed by atoms with E-state index < -0.39 is 0 Å². The summed E-state index contributed by atoms with van der Waals surface area (Å²) in [4.78, 5) is 12.0. The molecule has 0 aromatic heterocycles. The van der Waals surface area contributed by atoms with E-state index in [1.807, 2.05) is 12.1 Å². The van der Waals surface area contributed by atoms with Gasteiger partial charge in [0.05, 0.1) is 5.69 Å². The van der Waals surface area contributed by atoms with E-state index >= 15 is 0 Å². The second-order valence-corrected chi connectivity index (χ2v) is 5.01. The van der Waals surface area contributed by atoms with Gasteiger partial charge in [-0.25, -0.2) is 0 Å². The first-order chi connectivity index (χ1) is 9.65. The summed E-state index contributed by atoms with van der Waals surface area (Å²) in [5.41, 5.74) is 1.19. The number of amides is 1. The van der Waals surface area contributed by atoms with Crippen LogP contribution in [0, 0.1) is 0 Å². The molecular weight excluding hydrogens is 297 g/mol. The molecule has 0 bridgehead atoms. The van der Waals surface area contributed by atoms with E-state index in [9.17, 15) is 4.79 Å². The molecule has 20 heavy (non-hydrogen) atoms. The molecule has 0 radical (unpaired) electrons. The maximum atomic E-state index is 12.0. The third-order valence-electron chi connectivity index (χ3n) is 2.85. The lowest BCUT2D eigenvalue weighted by atomic mass is 10.1. The molecule has 0 atom stereocenters. The van der Waals surface area contributed by atoms with E-state index in [1.54, 1.807) is 30.3 Å². The Kier molecular flexibility index (Phi) is 3.38. The number of hydrogen-bond acceptors (Lipinski definition) is 2. The number of fused-ring (bicyclic) bond motifs is 1. The lowest BCUT2D eigenvalue weighted by molar-refractivity contribution is -0.115. The molecule has 0 saturated carbocycles. The van der Waals surface area contributed by atoms with Crippen molar-refractivity contribution in [1.29, 1.82) is 0 Å². The first-order valence-electron chi connectivity index (χ1n) is 5.89. The number of carbonyl (C=O) groups excluding carboxylic acids is 1. The van der Waals surface area contributed by atoms with Crippen LogP contribution in [0.3, 0.4) is 0 Å². The smallest absolute Gasteiger partial charge is 0.291 e. The van der Waals surface area contributed by atoms with E-state index in [2.05, 4.69) is 5.32 Å². The van der Waals surface area contributed by atoms with Crippen LogP contribution in [0.25, 0.3) is 6.08 Å². The van der Waals surface area contributed by atoms with Crippen LogP contribution < -0.4 is 10.1 Å². The average Bonchev–Trinajstić information content (AvgIpc) is 2.43. The van der Waals surface area contributed by atoms with Crippen LogP contribution in [0.4, 0.5) is 5.69 Å². The van der Waals surface area contributed by atoms with E-state index in [0.29, 0.717) is 27.0 Å². The summed E-state index contributed by atoms with van der Waals surface area (Å²) in [6.45, 7) is 0. The summed E-state index contributed by atoms with van der Waals surface area (Å²) in [5, 5.41) is 3.67. The van der Waals surface area contributed by atoms with Crippen molar-refractivity contribution in [2.24, 2.45) is 0 Å².